The first kappa shape index (κ1) is 14.3. The maximum atomic E-state index is 13.0. The molecule has 0 spiro atoms. The molecule has 0 bridgehead atoms. The fourth-order valence-corrected chi connectivity index (χ4v) is 2.16. The van der Waals surface area contributed by atoms with Gasteiger partial charge in [0.2, 0.25) is 0 Å². The van der Waals surface area contributed by atoms with Crippen LogP contribution >= 0.6 is 0 Å². The van der Waals surface area contributed by atoms with E-state index in [4.69, 9.17) is 5.73 Å². The summed E-state index contributed by atoms with van der Waals surface area (Å²) in [5.41, 5.74) is 7.96. The molecule has 20 heavy (non-hydrogen) atoms. The summed E-state index contributed by atoms with van der Waals surface area (Å²) in [5.74, 6) is -0.0470. The molecule has 2 nitrogen and oxygen atoms in total. The van der Waals surface area contributed by atoms with Crippen molar-refractivity contribution in [2.45, 2.75) is 20.3 Å². The summed E-state index contributed by atoms with van der Waals surface area (Å²) in [6, 6.07) is 11.3. The largest absolute Gasteiger partial charge is 0.398 e. The van der Waals surface area contributed by atoms with E-state index in [1.807, 2.05) is 12.1 Å². The van der Waals surface area contributed by atoms with Gasteiger partial charge in [0.05, 0.1) is 0 Å². The molecule has 0 radical (unpaired) electrons. The number of anilines is 1. The summed E-state index contributed by atoms with van der Waals surface area (Å²) < 4.78 is 13.0. The lowest BCUT2D eigenvalue weighted by Crippen LogP contribution is -2.06. The molecule has 0 aliphatic heterocycles. The van der Waals surface area contributed by atoms with Crippen LogP contribution in [-0.4, -0.2) is 5.78 Å². The lowest BCUT2D eigenvalue weighted by atomic mass is 9.98. The second-order valence-corrected chi connectivity index (χ2v) is 5.36. The van der Waals surface area contributed by atoms with Gasteiger partial charge in [0, 0.05) is 16.8 Å². The second kappa shape index (κ2) is 5.87. The number of halogens is 1. The summed E-state index contributed by atoms with van der Waals surface area (Å²) in [4.78, 5) is 12.3. The van der Waals surface area contributed by atoms with Gasteiger partial charge in [-0.3, -0.25) is 4.79 Å². The van der Waals surface area contributed by atoms with Gasteiger partial charge < -0.3 is 5.73 Å². The molecule has 0 saturated heterocycles. The Hall–Kier alpha value is -2.16. The number of ketones is 1. The Morgan fingerprint density at radius 3 is 2.35 bits per heavy atom. The quantitative estimate of drug-likeness (QED) is 0.678. The fraction of sp³-hybridized carbons (Fsp3) is 0.235. The van der Waals surface area contributed by atoms with E-state index in [9.17, 15) is 9.18 Å². The number of carbonyl (C=O) groups is 1. The smallest absolute Gasteiger partial charge is 0.195 e. The van der Waals surface area contributed by atoms with Crippen molar-refractivity contribution >= 4 is 11.5 Å². The zero-order chi connectivity index (χ0) is 14.7. The normalized spacial score (nSPS) is 10.8. The number of rotatable bonds is 4. The molecule has 0 unspecified atom stereocenters. The molecule has 3 heteroatoms. The Bertz CT molecular complexity index is 617. The molecule has 0 fully saturated rings. The molecule has 2 N–H and O–H groups in total. The number of nitrogen functional groups attached to an aromatic ring is 1. The van der Waals surface area contributed by atoms with Crippen LogP contribution in [0.3, 0.4) is 0 Å². The van der Waals surface area contributed by atoms with Crippen molar-refractivity contribution in [2.24, 2.45) is 5.92 Å². The second-order valence-electron chi connectivity index (χ2n) is 5.36. The van der Waals surface area contributed by atoms with Crippen LogP contribution in [0.4, 0.5) is 10.1 Å². The average Bonchev–Trinajstić information content (AvgIpc) is 2.38. The zero-order valence-electron chi connectivity index (χ0n) is 11.7. The first-order valence-corrected chi connectivity index (χ1v) is 6.66. The van der Waals surface area contributed by atoms with Crippen molar-refractivity contribution in [3.63, 3.8) is 0 Å². The Balaban J connectivity index is 2.25. The van der Waals surface area contributed by atoms with Crippen LogP contribution in [0.2, 0.25) is 0 Å². The highest BCUT2D eigenvalue weighted by molar-refractivity contribution is 6.12. The molecule has 0 aliphatic carbocycles. The minimum Gasteiger partial charge on any atom is -0.398 e. The van der Waals surface area contributed by atoms with Crippen LogP contribution in [0.25, 0.3) is 0 Å². The monoisotopic (exact) mass is 271 g/mol. The topological polar surface area (TPSA) is 43.1 Å². The summed E-state index contributed by atoms with van der Waals surface area (Å²) in [5, 5.41) is 0. The number of hydrogen-bond acceptors (Lipinski definition) is 2. The number of nitrogens with two attached hydrogens (primary N) is 1. The highest BCUT2D eigenvalue weighted by atomic mass is 19.1. The van der Waals surface area contributed by atoms with E-state index in [1.54, 1.807) is 12.1 Å². The third kappa shape index (κ3) is 3.23. The SMILES string of the molecule is CC(C)Cc1ccc(C(=O)c2ccc(F)cc2N)cc1. The van der Waals surface area contributed by atoms with Gasteiger partial charge in [-0.1, -0.05) is 38.1 Å². The molecule has 2 rings (SSSR count). The number of benzene rings is 2. The zero-order valence-corrected chi connectivity index (χ0v) is 11.7. The fourth-order valence-electron chi connectivity index (χ4n) is 2.16. The molecule has 0 aromatic heterocycles. The average molecular weight is 271 g/mol. The molecule has 0 heterocycles. The van der Waals surface area contributed by atoms with E-state index in [-0.39, 0.29) is 11.5 Å². The third-order valence-corrected chi connectivity index (χ3v) is 3.12. The van der Waals surface area contributed by atoms with Crippen LogP contribution < -0.4 is 5.73 Å². The summed E-state index contributed by atoms with van der Waals surface area (Å²) in [6.07, 6.45) is 0.979. The molecular weight excluding hydrogens is 253 g/mol. The van der Waals surface area contributed by atoms with Crippen LogP contribution in [0.1, 0.15) is 35.3 Å². The van der Waals surface area contributed by atoms with E-state index in [1.165, 1.54) is 23.8 Å². The summed E-state index contributed by atoms with van der Waals surface area (Å²) in [7, 11) is 0. The van der Waals surface area contributed by atoms with Gasteiger partial charge in [0.25, 0.3) is 0 Å². The van der Waals surface area contributed by atoms with Crippen molar-refractivity contribution in [3.05, 3.63) is 65.0 Å². The van der Waals surface area contributed by atoms with Gasteiger partial charge in [-0.05, 0) is 36.1 Å². The molecule has 2 aromatic carbocycles. The van der Waals surface area contributed by atoms with Gasteiger partial charge in [0.1, 0.15) is 5.82 Å². The van der Waals surface area contributed by atoms with Crippen molar-refractivity contribution in [1.29, 1.82) is 0 Å². The van der Waals surface area contributed by atoms with Crippen LogP contribution in [0, 0.1) is 11.7 Å². The van der Waals surface area contributed by atoms with Crippen molar-refractivity contribution in [3.8, 4) is 0 Å². The lowest BCUT2D eigenvalue weighted by Gasteiger charge is -2.07. The highest BCUT2D eigenvalue weighted by Crippen LogP contribution is 2.19. The molecule has 2 aromatic rings. The van der Waals surface area contributed by atoms with Gasteiger partial charge >= 0.3 is 0 Å². The van der Waals surface area contributed by atoms with Gasteiger partial charge in [-0.2, -0.15) is 0 Å². The number of carbonyl (C=O) groups excluding carboxylic acids is 1. The van der Waals surface area contributed by atoms with Crippen LogP contribution in [-0.2, 0) is 6.42 Å². The Kier molecular flexibility index (Phi) is 4.18. The van der Waals surface area contributed by atoms with Crippen LogP contribution in [0.5, 0.6) is 0 Å². The van der Waals surface area contributed by atoms with E-state index in [0.29, 0.717) is 17.0 Å². The van der Waals surface area contributed by atoms with E-state index in [2.05, 4.69) is 13.8 Å². The molecule has 0 atom stereocenters. The van der Waals surface area contributed by atoms with Crippen molar-refractivity contribution in [1.82, 2.24) is 0 Å². The van der Waals surface area contributed by atoms with E-state index < -0.39 is 5.82 Å². The maximum absolute atomic E-state index is 13.0. The summed E-state index contributed by atoms with van der Waals surface area (Å²) in [6.45, 7) is 4.30. The maximum Gasteiger partial charge on any atom is 0.195 e. The number of hydrogen-bond donors (Lipinski definition) is 1. The molecule has 0 saturated carbocycles. The van der Waals surface area contributed by atoms with E-state index in [0.717, 1.165) is 6.42 Å². The van der Waals surface area contributed by atoms with Crippen LogP contribution in [0.15, 0.2) is 42.5 Å². The van der Waals surface area contributed by atoms with Gasteiger partial charge in [-0.15, -0.1) is 0 Å². The predicted molar refractivity (Wildman–Crippen MR) is 79.2 cm³/mol. The highest BCUT2D eigenvalue weighted by Gasteiger charge is 2.13. The lowest BCUT2D eigenvalue weighted by molar-refractivity contribution is 0.103. The standard InChI is InChI=1S/C17H18FNO/c1-11(2)9-12-3-5-13(6-4-12)17(20)15-8-7-14(18)10-16(15)19/h3-8,10-11H,9,19H2,1-2H3. The van der Waals surface area contributed by atoms with Gasteiger partial charge in [-0.25, -0.2) is 4.39 Å². The predicted octanol–water partition coefficient (Wildman–Crippen LogP) is 3.84. The molecule has 0 aliphatic rings. The van der Waals surface area contributed by atoms with E-state index >= 15 is 0 Å². The minimum atomic E-state index is -0.439. The first-order valence-electron chi connectivity index (χ1n) is 6.66. The molecular formula is C17H18FNO. The molecule has 0 amide bonds. The summed E-state index contributed by atoms with van der Waals surface area (Å²) >= 11 is 0. The van der Waals surface area contributed by atoms with Crippen molar-refractivity contribution < 1.29 is 9.18 Å². The Morgan fingerprint density at radius 1 is 1.15 bits per heavy atom. The Morgan fingerprint density at radius 2 is 1.80 bits per heavy atom. The molecule has 104 valence electrons. The first-order chi connectivity index (χ1) is 9.47. The minimum absolute atomic E-state index is 0.168. The third-order valence-electron chi connectivity index (χ3n) is 3.12. The van der Waals surface area contributed by atoms with Crippen molar-refractivity contribution in [2.75, 3.05) is 5.73 Å². The Labute approximate surface area is 118 Å². The van der Waals surface area contributed by atoms with Gasteiger partial charge in [0.15, 0.2) is 5.78 Å².